The van der Waals surface area contributed by atoms with Gasteiger partial charge in [-0.1, -0.05) is 13.0 Å². The average Bonchev–Trinajstić information content (AvgIpc) is 3.25. The Morgan fingerprint density at radius 2 is 2.10 bits per heavy atom. The van der Waals surface area contributed by atoms with Crippen LogP contribution in [0.15, 0.2) is 23.6 Å². The molecule has 0 spiro atoms. The van der Waals surface area contributed by atoms with Crippen LogP contribution in [0.2, 0.25) is 0 Å². The van der Waals surface area contributed by atoms with E-state index in [1.54, 1.807) is 11.3 Å². The molecule has 0 unspecified atom stereocenters. The topological polar surface area (TPSA) is 52.6 Å². The smallest absolute Gasteiger partial charge is 0.339 e. The molecule has 30 heavy (non-hydrogen) atoms. The van der Waals surface area contributed by atoms with Crippen molar-refractivity contribution in [1.29, 1.82) is 0 Å². The van der Waals surface area contributed by atoms with Gasteiger partial charge in [-0.25, -0.2) is 4.79 Å². The number of rotatable bonds is 3. The summed E-state index contributed by atoms with van der Waals surface area (Å²) in [6.45, 7) is 6.15. The maximum absolute atomic E-state index is 12.5. The van der Waals surface area contributed by atoms with E-state index in [0.29, 0.717) is 30.1 Å². The lowest BCUT2D eigenvalue weighted by Gasteiger charge is -2.49. The Balaban J connectivity index is 1.45. The SMILES string of the molecule is CCOC(=O)c1csc2c1C[C@H]1[C@@H]3CCc4cc(OC(C)=O)ccc4[C@H]3CC[C@]21C. The summed E-state index contributed by atoms with van der Waals surface area (Å²) in [7, 11) is 0. The highest BCUT2D eigenvalue weighted by atomic mass is 32.1. The van der Waals surface area contributed by atoms with Crippen molar-refractivity contribution in [1.82, 2.24) is 0 Å². The highest BCUT2D eigenvalue weighted by Crippen LogP contribution is 2.61. The summed E-state index contributed by atoms with van der Waals surface area (Å²) in [6.07, 6.45) is 5.50. The number of carbonyl (C=O) groups is 2. The molecular weight excluding hydrogens is 396 g/mol. The molecule has 0 aliphatic heterocycles. The van der Waals surface area contributed by atoms with E-state index in [1.807, 2.05) is 18.4 Å². The number of hydrogen-bond acceptors (Lipinski definition) is 5. The van der Waals surface area contributed by atoms with Crippen molar-refractivity contribution < 1.29 is 19.1 Å². The van der Waals surface area contributed by atoms with Gasteiger partial charge in [0.1, 0.15) is 5.75 Å². The first kappa shape index (κ1) is 19.8. The Morgan fingerprint density at radius 1 is 1.27 bits per heavy atom. The highest BCUT2D eigenvalue weighted by Gasteiger charge is 2.54. The summed E-state index contributed by atoms with van der Waals surface area (Å²) in [4.78, 5) is 25.2. The van der Waals surface area contributed by atoms with Crippen LogP contribution in [0.4, 0.5) is 0 Å². The molecule has 5 rings (SSSR count). The second kappa shape index (κ2) is 7.23. The molecule has 1 heterocycles. The van der Waals surface area contributed by atoms with Crippen molar-refractivity contribution in [2.24, 2.45) is 11.8 Å². The fourth-order valence-electron chi connectivity index (χ4n) is 6.43. The lowest BCUT2D eigenvalue weighted by molar-refractivity contribution is -0.131. The van der Waals surface area contributed by atoms with Crippen molar-refractivity contribution in [2.45, 2.75) is 64.2 Å². The number of carbonyl (C=O) groups excluding carboxylic acids is 2. The average molecular weight is 425 g/mol. The molecule has 158 valence electrons. The van der Waals surface area contributed by atoms with Gasteiger partial charge in [-0.15, -0.1) is 11.3 Å². The quantitative estimate of drug-likeness (QED) is 0.488. The summed E-state index contributed by atoms with van der Waals surface area (Å²) in [5.74, 6) is 1.98. The van der Waals surface area contributed by atoms with E-state index >= 15 is 0 Å². The van der Waals surface area contributed by atoms with Gasteiger partial charge in [-0.05, 0) is 85.6 Å². The predicted octanol–water partition coefficient (Wildman–Crippen LogP) is 5.42. The number of thiophene rings is 1. The molecule has 3 aliphatic carbocycles. The zero-order chi connectivity index (χ0) is 21.0. The van der Waals surface area contributed by atoms with Crippen LogP contribution < -0.4 is 4.74 Å². The van der Waals surface area contributed by atoms with Crippen molar-refractivity contribution in [3.8, 4) is 5.75 Å². The Kier molecular flexibility index (Phi) is 4.77. The van der Waals surface area contributed by atoms with E-state index < -0.39 is 0 Å². The van der Waals surface area contributed by atoms with E-state index in [-0.39, 0.29) is 17.4 Å². The van der Waals surface area contributed by atoms with E-state index in [2.05, 4.69) is 19.1 Å². The first-order valence-corrected chi connectivity index (χ1v) is 11.9. The third kappa shape index (κ3) is 2.93. The number of hydrogen-bond donors (Lipinski definition) is 0. The maximum atomic E-state index is 12.5. The zero-order valence-electron chi connectivity index (χ0n) is 17.8. The van der Waals surface area contributed by atoms with Gasteiger partial charge in [0.25, 0.3) is 0 Å². The molecular formula is C25H28O4S. The van der Waals surface area contributed by atoms with E-state index in [4.69, 9.17) is 9.47 Å². The Morgan fingerprint density at radius 3 is 2.87 bits per heavy atom. The number of benzene rings is 1. The molecule has 1 aromatic carbocycles. The van der Waals surface area contributed by atoms with Gasteiger partial charge < -0.3 is 9.47 Å². The third-order valence-corrected chi connectivity index (χ3v) is 8.98. The molecule has 5 heteroatoms. The molecule has 3 aliphatic rings. The number of aryl methyl sites for hydroxylation is 1. The molecule has 1 saturated carbocycles. The van der Waals surface area contributed by atoms with Crippen LogP contribution in [0, 0.1) is 11.8 Å². The molecule has 0 saturated heterocycles. The summed E-state index contributed by atoms with van der Waals surface area (Å²) >= 11 is 1.76. The Bertz CT molecular complexity index is 1020. The lowest BCUT2D eigenvalue weighted by atomic mass is 9.56. The minimum absolute atomic E-state index is 0.166. The molecule has 1 aromatic heterocycles. The fraction of sp³-hybridized carbons (Fsp3) is 0.520. The van der Waals surface area contributed by atoms with E-state index in [9.17, 15) is 9.59 Å². The first-order chi connectivity index (χ1) is 14.4. The summed E-state index contributed by atoms with van der Waals surface area (Å²) < 4.78 is 10.6. The van der Waals surface area contributed by atoms with Crippen LogP contribution in [-0.2, 0) is 27.8 Å². The largest absolute Gasteiger partial charge is 0.462 e. The predicted molar refractivity (Wildman–Crippen MR) is 116 cm³/mol. The Labute approximate surface area is 181 Å². The monoisotopic (exact) mass is 424 g/mol. The van der Waals surface area contributed by atoms with Crippen LogP contribution in [0.3, 0.4) is 0 Å². The normalized spacial score (nSPS) is 28.7. The van der Waals surface area contributed by atoms with Gasteiger partial charge in [-0.3, -0.25) is 4.79 Å². The molecule has 4 nitrogen and oxygen atoms in total. The van der Waals surface area contributed by atoms with Crippen LogP contribution >= 0.6 is 11.3 Å². The van der Waals surface area contributed by atoms with Crippen LogP contribution in [0.5, 0.6) is 5.75 Å². The van der Waals surface area contributed by atoms with Crippen LogP contribution in [-0.4, -0.2) is 18.5 Å². The molecule has 0 amide bonds. The van der Waals surface area contributed by atoms with Crippen LogP contribution in [0.1, 0.15) is 77.9 Å². The molecule has 4 atom stereocenters. The standard InChI is InChI=1S/C25H28O4S/c1-4-28-24(27)21-13-30-23-20(21)12-22-19-7-5-15-11-16(29-14(2)26)6-8-17(15)18(19)9-10-25(22,23)3/h6,8,11,13,18-19,22H,4-5,7,9-10,12H2,1-3H3/t18-,19-,22+,25+/m1/s1. The molecule has 0 radical (unpaired) electrons. The highest BCUT2D eigenvalue weighted by molar-refractivity contribution is 7.10. The number of esters is 2. The molecule has 0 bridgehead atoms. The zero-order valence-corrected chi connectivity index (χ0v) is 18.6. The van der Waals surface area contributed by atoms with Crippen molar-refractivity contribution in [2.75, 3.05) is 6.61 Å². The van der Waals surface area contributed by atoms with Gasteiger partial charge in [0.2, 0.25) is 0 Å². The lowest BCUT2D eigenvalue weighted by Crippen LogP contribution is -2.42. The minimum atomic E-state index is -0.272. The summed E-state index contributed by atoms with van der Waals surface area (Å²) in [5.41, 5.74) is 4.98. The van der Waals surface area contributed by atoms with Crippen molar-refractivity contribution in [3.05, 3.63) is 50.7 Å². The van der Waals surface area contributed by atoms with Gasteiger partial charge in [0.05, 0.1) is 12.2 Å². The van der Waals surface area contributed by atoms with E-state index in [0.717, 1.165) is 31.2 Å². The second-order valence-corrected chi connectivity index (χ2v) is 10.1. The fourth-order valence-corrected chi connectivity index (χ4v) is 7.76. The third-order valence-electron chi connectivity index (χ3n) is 7.68. The Hall–Kier alpha value is -2.14. The second-order valence-electron chi connectivity index (χ2n) is 9.21. The molecule has 1 fully saturated rings. The first-order valence-electron chi connectivity index (χ1n) is 11.0. The summed E-state index contributed by atoms with van der Waals surface area (Å²) in [6, 6.07) is 6.19. The number of fused-ring (bicyclic) bond motifs is 7. The van der Waals surface area contributed by atoms with Gasteiger partial charge >= 0.3 is 11.9 Å². The van der Waals surface area contributed by atoms with Crippen molar-refractivity contribution >= 4 is 23.3 Å². The maximum Gasteiger partial charge on any atom is 0.339 e. The van der Waals surface area contributed by atoms with Crippen molar-refractivity contribution in [3.63, 3.8) is 0 Å². The van der Waals surface area contributed by atoms with Crippen LogP contribution in [0.25, 0.3) is 0 Å². The summed E-state index contributed by atoms with van der Waals surface area (Å²) in [5, 5.41) is 2.02. The van der Waals surface area contributed by atoms with Gasteiger partial charge in [0, 0.05) is 22.6 Å². The minimum Gasteiger partial charge on any atom is -0.462 e. The molecule has 0 N–H and O–H groups in total. The van der Waals surface area contributed by atoms with E-state index in [1.165, 1.54) is 34.9 Å². The number of ether oxygens (including phenoxy) is 2. The van der Waals surface area contributed by atoms with Gasteiger partial charge in [-0.2, -0.15) is 0 Å². The van der Waals surface area contributed by atoms with Gasteiger partial charge in [0.15, 0.2) is 0 Å². The molecule has 2 aromatic rings.